The Kier molecular flexibility index (Phi) is 5.89. The predicted molar refractivity (Wildman–Crippen MR) is 93.1 cm³/mol. The molecule has 0 radical (unpaired) electrons. The normalized spacial score (nSPS) is 11.8. The molecule has 3 N–H and O–H groups in total. The third-order valence-corrected chi connectivity index (χ3v) is 4.11. The number of nitrogens with one attached hydrogen (secondary N) is 1. The topological polar surface area (TPSA) is 88.9 Å². The number of nitro groups is 1. The van der Waals surface area contributed by atoms with Crippen molar-refractivity contribution in [1.82, 2.24) is 0 Å². The van der Waals surface area contributed by atoms with E-state index in [0.29, 0.717) is 10.6 Å². The summed E-state index contributed by atoms with van der Waals surface area (Å²) < 4.78 is 0. The van der Waals surface area contributed by atoms with Crippen molar-refractivity contribution in [1.29, 1.82) is 0 Å². The van der Waals surface area contributed by atoms with E-state index in [1.165, 1.54) is 6.07 Å². The maximum Gasteiger partial charge on any atom is 0.293 e. The fraction of sp³-hybridized carbons (Fsp3) is 0.235. The molecule has 0 aliphatic rings. The summed E-state index contributed by atoms with van der Waals surface area (Å²) in [6, 6.07) is 12.1. The zero-order chi connectivity index (χ0) is 17.7. The van der Waals surface area contributed by atoms with E-state index in [-0.39, 0.29) is 29.9 Å². The van der Waals surface area contributed by atoms with Gasteiger partial charge in [0, 0.05) is 16.7 Å². The van der Waals surface area contributed by atoms with Gasteiger partial charge in [0.05, 0.1) is 4.92 Å². The van der Waals surface area contributed by atoms with Crippen molar-refractivity contribution >= 4 is 28.9 Å². The van der Waals surface area contributed by atoms with E-state index in [1.54, 1.807) is 25.1 Å². The van der Waals surface area contributed by atoms with Crippen LogP contribution in [0.2, 0.25) is 5.02 Å². The second kappa shape index (κ2) is 7.90. The molecule has 0 spiro atoms. The number of anilines is 1. The van der Waals surface area contributed by atoms with Crippen LogP contribution in [0.3, 0.4) is 0 Å². The number of nitrogens with zero attached hydrogens (tertiary/aromatic N) is 1. The molecule has 1 atom stereocenters. The van der Waals surface area contributed by atoms with Crippen LogP contribution in [-0.4, -0.2) is 17.4 Å². The molecule has 0 saturated heterocycles. The number of nitrogens with two attached hydrogens (primary N) is 1. The largest absolute Gasteiger partial charge is 0.332 e. The van der Waals surface area contributed by atoms with Crippen LogP contribution in [0, 0.1) is 17.0 Å². The van der Waals surface area contributed by atoms with Crippen molar-refractivity contribution in [2.24, 2.45) is 0 Å². The first-order chi connectivity index (χ1) is 11.4. The average molecular weight is 349 g/mol. The van der Waals surface area contributed by atoms with E-state index in [4.69, 9.17) is 11.6 Å². The number of quaternary nitrogens is 1. The Morgan fingerprint density at radius 3 is 2.67 bits per heavy atom. The summed E-state index contributed by atoms with van der Waals surface area (Å²) in [6.07, 6.45) is 0. The summed E-state index contributed by atoms with van der Waals surface area (Å²) >= 11 is 6.15. The summed E-state index contributed by atoms with van der Waals surface area (Å²) in [4.78, 5) is 22.7. The van der Waals surface area contributed by atoms with E-state index in [2.05, 4.69) is 5.32 Å². The van der Waals surface area contributed by atoms with Crippen molar-refractivity contribution in [2.75, 3.05) is 11.9 Å². The van der Waals surface area contributed by atoms with Crippen LogP contribution in [0.5, 0.6) is 0 Å². The standard InChI is InChI=1S/C17H18ClN3O3/c1-11-6-5-9-15(21(23)24)17(11)20-16(22)10-19-12(2)13-7-3-4-8-14(13)18/h3-9,12,19H,10H2,1-2H3,(H,20,22)/p+1/t12-/m0/s1. The van der Waals surface area contributed by atoms with Gasteiger partial charge in [0.15, 0.2) is 6.54 Å². The fourth-order valence-corrected chi connectivity index (χ4v) is 2.72. The van der Waals surface area contributed by atoms with Crippen molar-refractivity contribution < 1.29 is 15.0 Å². The lowest BCUT2D eigenvalue weighted by Crippen LogP contribution is -2.86. The summed E-state index contributed by atoms with van der Waals surface area (Å²) in [5, 5.41) is 16.2. The molecular formula is C17H19ClN3O3+. The number of carbonyl (C=O) groups is 1. The first-order valence-electron chi connectivity index (χ1n) is 7.51. The molecule has 0 heterocycles. The number of para-hydroxylation sites is 1. The lowest BCUT2D eigenvalue weighted by Gasteiger charge is -2.13. The van der Waals surface area contributed by atoms with E-state index >= 15 is 0 Å². The van der Waals surface area contributed by atoms with Gasteiger partial charge < -0.3 is 10.6 Å². The Morgan fingerprint density at radius 2 is 2.00 bits per heavy atom. The second-order valence-electron chi connectivity index (χ2n) is 5.52. The maximum absolute atomic E-state index is 12.2. The molecule has 7 heteroatoms. The molecule has 0 aliphatic heterocycles. The SMILES string of the molecule is Cc1cccc([N+](=O)[O-])c1NC(=O)C[NH2+][C@@H](C)c1ccccc1Cl. The van der Waals surface area contributed by atoms with Gasteiger partial charge in [-0.25, -0.2) is 0 Å². The molecule has 0 unspecified atom stereocenters. The highest BCUT2D eigenvalue weighted by Gasteiger charge is 2.19. The predicted octanol–water partition coefficient (Wildman–Crippen LogP) is 2.82. The molecule has 6 nitrogen and oxygen atoms in total. The molecule has 0 bridgehead atoms. The second-order valence-corrected chi connectivity index (χ2v) is 5.93. The minimum Gasteiger partial charge on any atom is -0.332 e. The molecular weight excluding hydrogens is 330 g/mol. The minimum atomic E-state index is -0.501. The van der Waals surface area contributed by atoms with Gasteiger partial charge in [0.1, 0.15) is 11.7 Å². The number of aryl methyl sites for hydroxylation is 1. The number of benzene rings is 2. The quantitative estimate of drug-likeness (QED) is 0.621. The van der Waals surface area contributed by atoms with Crippen LogP contribution in [-0.2, 0) is 4.79 Å². The molecule has 0 aromatic heterocycles. The molecule has 24 heavy (non-hydrogen) atoms. The van der Waals surface area contributed by atoms with Crippen LogP contribution in [0.25, 0.3) is 0 Å². The zero-order valence-corrected chi connectivity index (χ0v) is 14.2. The van der Waals surface area contributed by atoms with Crippen molar-refractivity contribution in [3.8, 4) is 0 Å². The minimum absolute atomic E-state index is 0.00342. The summed E-state index contributed by atoms with van der Waals surface area (Å²) in [7, 11) is 0. The van der Waals surface area contributed by atoms with Gasteiger partial charge in [-0.3, -0.25) is 14.9 Å². The Labute approximate surface area is 145 Å². The lowest BCUT2D eigenvalue weighted by molar-refractivity contribution is -0.682. The smallest absolute Gasteiger partial charge is 0.293 e. The van der Waals surface area contributed by atoms with Crippen LogP contribution in [0.1, 0.15) is 24.1 Å². The van der Waals surface area contributed by atoms with Crippen molar-refractivity contribution in [3.05, 3.63) is 68.7 Å². The van der Waals surface area contributed by atoms with Crippen LogP contribution < -0.4 is 10.6 Å². The maximum atomic E-state index is 12.2. The Bertz CT molecular complexity index is 764. The number of halogens is 1. The summed E-state index contributed by atoms with van der Waals surface area (Å²) in [5.74, 6) is -0.300. The molecule has 0 fully saturated rings. The van der Waals surface area contributed by atoms with Gasteiger partial charge in [0.25, 0.3) is 11.6 Å². The van der Waals surface area contributed by atoms with Gasteiger partial charge in [-0.2, -0.15) is 0 Å². The van der Waals surface area contributed by atoms with Crippen LogP contribution in [0.15, 0.2) is 42.5 Å². The molecule has 2 rings (SSSR count). The summed E-state index contributed by atoms with van der Waals surface area (Å²) in [6.45, 7) is 3.81. The number of amides is 1. The zero-order valence-electron chi connectivity index (χ0n) is 13.5. The van der Waals surface area contributed by atoms with Gasteiger partial charge in [-0.15, -0.1) is 0 Å². The van der Waals surface area contributed by atoms with Gasteiger partial charge in [-0.1, -0.05) is 41.9 Å². The molecule has 0 saturated carbocycles. The molecule has 126 valence electrons. The highest BCUT2D eigenvalue weighted by molar-refractivity contribution is 6.31. The first-order valence-corrected chi connectivity index (χ1v) is 7.89. The van der Waals surface area contributed by atoms with Crippen molar-refractivity contribution in [2.45, 2.75) is 19.9 Å². The number of hydrogen-bond donors (Lipinski definition) is 2. The van der Waals surface area contributed by atoms with Crippen LogP contribution in [0.4, 0.5) is 11.4 Å². The molecule has 2 aromatic rings. The third kappa shape index (κ3) is 4.31. The molecule has 1 amide bonds. The van der Waals surface area contributed by atoms with Gasteiger partial charge in [-0.05, 0) is 25.5 Å². The van der Waals surface area contributed by atoms with E-state index in [1.807, 2.05) is 30.4 Å². The van der Waals surface area contributed by atoms with Crippen LogP contribution >= 0.6 is 11.6 Å². The Hall–Kier alpha value is -2.44. The first kappa shape index (κ1) is 17.9. The van der Waals surface area contributed by atoms with Gasteiger partial charge in [0.2, 0.25) is 0 Å². The monoisotopic (exact) mass is 348 g/mol. The lowest BCUT2D eigenvalue weighted by atomic mass is 10.1. The highest BCUT2D eigenvalue weighted by atomic mass is 35.5. The average Bonchev–Trinajstić information content (AvgIpc) is 2.54. The number of rotatable bonds is 6. The fourth-order valence-electron chi connectivity index (χ4n) is 2.41. The van der Waals surface area contributed by atoms with E-state index in [9.17, 15) is 14.9 Å². The van der Waals surface area contributed by atoms with Crippen molar-refractivity contribution in [3.63, 3.8) is 0 Å². The Balaban J connectivity index is 2.02. The summed E-state index contributed by atoms with van der Waals surface area (Å²) in [5.41, 5.74) is 1.72. The van der Waals surface area contributed by atoms with E-state index < -0.39 is 4.92 Å². The van der Waals surface area contributed by atoms with Gasteiger partial charge >= 0.3 is 0 Å². The highest BCUT2D eigenvalue weighted by Crippen LogP contribution is 2.27. The number of nitro benzene ring substituents is 1. The molecule has 0 aliphatic carbocycles. The third-order valence-electron chi connectivity index (χ3n) is 3.76. The Morgan fingerprint density at radius 1 is 1.29 bits per heavy atom. The molecule has 2 aromatic carbocycles. The number of hydrogen-bond acceptors (Lipinski definition) is 3. The number of carbonyl (C=O) groups excluding carboxylic acids is 1. The van der Waals surface area contributed by atoms with E-state index in [0.717, 1.165) is 5.56 Å².